The summed E-state index contributed by atoms with van der Waals surface area (Å²) in [5.74, 6) is -0.357. The molecule has 1 aliphatic rings. The summed E-state index contributed by atoms with van der Waals surface area (Å²) >= 11 is 0. The molecule has 1 aliphatic heterocycles. The van der Waals surface area contributed by atoms with Crippen LogP contribution in [0.5, 0.6) is 0 Å². The van der Waals surface area contributed by atoms with E-state index in [1.807, 2.05) is 32.9 Å². The molecule has 1 fully saturated rings. The summed E-state index contributed by atoms with van der Waals surface area (Å²) in [6, 6.07) is 10.9. The lowest BCUT2D eigenvalue weighted by atomic mass is 10.0. The second-order valence-electron chi connectivity index (χ2n) is 7.65. The van der Waals surface area contributed by atoms with Crippen molar-refractivity contribution in [2.24, 2.45) is 0 Å². The van der Waals surface area contributed by atoms with Gasteiger partial charge in [-0.15, -0.1) is 0 Å². The number of ether oxygens (including phenoxy) is 1. The van der Waals surface area contributed by atoms with Gasteiger partial charge in [-0.05, 0) is 55.7 Å². The van der Waals surface area contributed by atoms with Crippen molar-refractivity contribution in [3.63, 3.8) is 0 Å². The van der Waals surface area contributed by atoms with E-state index >= 15 is 0 Å². The molecule has 30 heavy (non-hydrogen) atoms. The summed E-state index contributed by atoms with van der Waals surface area (Å²) in [7, 11) is 0. The first-order valence-electron chi connectivity index (χ1n) is 10.2. The first kappa shape index (κ1) is 21.7. The summed E-state index contributed by atoms with van der Waals surface area (Å²) in [6.07, 6.45) is 0.229. The molecule has 0 aromatic heterocycles. The number of hydrogen-bond acceptors (Lipinski definition) is 4. The molecule has 3 rings (SSSR count). The Labute approximate surface area is 177 Å². The minimum atomic E-state index is -0.244. The quantitative estimate of drug-likeness (QED) is 0.740. The summed E-state index contributed by atoms with van der Waals surface area (Å²) in [6.45, 7) is 7.99. The zero-order valence-electron chi connectivity index (χ0n) is 17.8. The van der Waals surface area contributed by atoms with Crippen LogP contribution in [0.25, 0.3) is 0 Å². The second kappa shape index (κ2) is 9.67. The fourth-order valence-electron chi connectivity index (χ4n) is 3.44. The maximum Gasteiger partial charge on any atom is 0.254 e. The van der Waals surface area contributed by atoms with E-state index < -0.39 is 0 Å². The van der Waals surface area contributed by atoms with E-state index in [9.17, 15) is 14.4 Å². The van der Waals surface area contributed by atoms with Crippen molar-refractivity contribution in [2.75, 3.05) is 31.6 Å². The predicted octanol–water partition coefficient (Wildman–Crippen LogP) is 3.69. The summed E-state index contributed by atoms with van der Waals surface area (Å²) in [5.41, 5.74) is 4.70. The van der Waals surface area contributed by atoms with Gasteiger partial charge in [0.15, 0.2) is 5.78 Å². The van der Waals surface area contributed by atoms with Gasteiger partial charge >= 0.3 is 0 Å². The van der Waals surface area contributed by atoms with Crippen LogP contribution in [0.3, 0.4) is 0 Å². The lowest BCUT2D eigenvalue weighted by Gasteiger charge is -2.27. The molecular weight excluding hydrogens is 380 g/mol. The molecule has 0 bridgehead atoms. The van der Waals surface area contributed by atoms with E-state index in [0.717, 1.165) is 16.7 Å². The van der Waals surface area contributed by atoms with Gasteiger partial charge in [0.1, 0.15) is 0 Å². The van der Waals surface area contributed by atoms with Gasteiger partial charge in [0, 0.05) is 42.7 Å². The van der Waals surface area contributed by atoms with Crippen LogP contribution in [0.1, 0.15) is 50.2 Å². The Hall–Kier alpha value is -2.99. The van der Waals surface area contributed by atoms with Crippen LogP contribution >= 0.6 is 0 Å². The highest BCUT2D eigenvalue weighted by atomic mass is 16.5. The van der Waals surface area contributed by atoms with Gasteiger partial charge in [-0.2, -0.15) is 0 Å². The number of amides is 2. The summed E-state index contributed by atoms with van der Waals surface area (Å²) < 4.78 is 5.30. The van der Waals surface area contributed by atoms with Crippen molar-refractivity contribution in [1.82, 2.24) is 4.90 Å². The molecule has 6 nitrogen and oxygen atoms in total. The van der Waals surface area contributed by atoms with Gasteiger partial charge in [0.05, 0.1) is 13.2 Å². The maximum atomic E-state index is 12.8. The van der Waals surface area contributed by atoms with Crippen LogP contribution < -0.4 is 5.32 Å². The van der Waals surface area contributed by atoms with Crippen molar-refractivity contribution in [3.05, 3.63) is 64.2 Å². The number of benzene rings is 2. The van der Waals surface area contributed by atoms with Gasteiger partial charge in [-0.3, -0.25) is 14.4 Å². The first-order chi connectivity index (χ1) is 14.4. The zero-order valence-corrected chi connectivity index (χ0v) is 17.8. The van der Waals surface area contributed by atoms with E-state index in [4.69, 9.17) is 4.74 Å². The number of nitrogens with zero attached hydrogens (tertiary/aromatic N) is 1. The minimum absolute atomic E-state index is 0.0544. The fourth-order valence-corrected chi connectivity index (χ4v) is 3.44. The number of hydrogen-bond donors (Lipinski definition) is 1. The zero-order chi connectivity index (χ0) is 21.7. The number of nitrogens with one attached hydrogen (secondary N) is 1. The van der Waals surface area contributed by atoms with Crippen LogP contribution in [0, 0.1) is 20.8 Å². The third kappa shape index (κ3) is 5.13. The molecule has 1 heterocycles. The van der Waals surface area contributed by atoms with Crippen LogP contribution in [-0.2, 0) is 9.53 Å². The number of carbonyl (C=O) groups is 3. The second-order valence-corrected chi connectivity index (χ2v) is 7.65. The molecule has 0 radical (unpaired) electrons. The van der Waals surface area contributed by atoms with Crippen molar-refractivity contribution in [2.45, 2.75) is 33.6 Å². The lowest BCUT2D eigenvalue weighted by molar-refractivity contribution is -0.116. The molecule has 0 saturated carbocycles. The van der Waals surface area contributed by atoms with Crippen LogP contribution in [0.15, 0.2) is 36.4 Å². The molecule has 1 N–H and O–H groups in total. The maximum absolute atomic E-state index is 12.8. The molecule has 0 spiro atoms. The average molecular weight is 408 g/mol. The van der Waals surface area contributed by atoms with E-state index in [2.05, 4.69) is 5.32 Å². The summed E-state index contributed by atoms with van der Waals surface area (Å²) in [5, 5.41) is 2.85. The topological polar surface area (TPSA) is 75.7 Å². The van der Waals surface area contributed by atoms with Crippen LogP contribution in [0.2, 0.25) is 0 Å². The Balaban J connectivity index is 1.61. The standard InChI is InChI=1S/C24H28N2O4/c1-16-7-8-19(15-17(16)2)22(27)9-10-23(28)25-21-6-4-5-20(18(21)3)24(29)26-11-13-30-14-12-26/h4-8,15H,9-14H2,1-3H3,(H,25,28). The van der Waals surface area contributed by atoms with Crippen molar-refractivity contribution >= 4 is 23.3 Å². The molecule has 158 valence electrons. The Morgan fingerprint density at radius 3 is 2.40 bits per heavy atom. The van der Waals surface area contributed by atoms with E-state index in [0.29, 0.717) is 43.1 Å². The number of anilines is 1. The Kier molecular flexibility index (Phi) is 7.00. The number of rotatable bonds is 6. The van der Waals surface area contributed by atoms with Gasteiger partial charge in [0.2, 0.25) is 5.91 Å². The number of aryl methyl sites for hydroxylation is 2. The summed E-state index contributed by atoms with van der Waals surface area (Å²) in [4.78, 5) is 39.4. The van der Waals surface area contributed by atoms with Crippen LogP contribution in [0.4, 0.5) is 5.69 Å². The lowest BCUT2D eigenvalue weighted by Crippen LogP contribution is -2.41. The molecule has 2 aromatic rings. The molecule has 2 aromatic carbocycles. The van der Waals surface area contributed by atoms with E-state index in [1.165, 1.54) is 0 Å². The predicted molar refractivity (Wildman–Crippen MR) is 116 cm³/mol. The number of morpholine rings is 1. The molecular formula is C24H28N2O4. The smallest absolute Gasteiger partial charge is 0.254 e. The van der Waals surface area contributed by atoms with Gasteiger partial charge in [-0.25, -0.2) is 0 Å². The molecule has 1 saturated heterocycles. The minimum Gasteiger partial charge on any atom is -0.378 e. The van der Waals surface area contributed by atoms with Gasteiger partial charge < -0.3 is 15.0 Å². The number of Topliss-reactive ketones (excluding diaryl/α,β-unsaturated/α-hetero) is 1. The largest absolute Gasteiger partial charge is 0.378 e. The SMILES string of the molecule is Cc1ccc(C(=O)CCC(=O)Nc2cccc(C(=O)N3CCOCC3)c2C)cc1C. The van der Waals surface area contributed by atoms with E-state index in [1.54, 1.807) is 29.2 Å². The molecule has 0 unspecified atom stereocenters. The Morgan fingerprint density at radius 2 is 1.70 bits per heavy atom. The fraction of sp³-hybridized carbons (Fsp3) is 0.375. The highest BCUT2D eigenvalue weighted by molar-refractivity contribution is 6.02. The van der Waals surface area contributed by atoms with Gasteiger partial charge in [-0.1, -0.05) is 18.2 Å². The Morgan fingerprint density at radius 1 is 0.967 bits per heavy atom. The molecule has 0 aliphatic carbocycles. The molecule has 0 atom stereocenters. The van der Waals surface area contributed by atoms with E-state index in [-0.39, 0.29) is 30.4 Å². The number of carbonyl (C=O) groups excluding carboxylic acids is 3. The van der Waals surface area contributed by atoms with Crippen molar-refractivity contribution in [1.29, 1.82) is 0 Å². The normalized spacial score (nSPS) is 13.8. The first-order valence-corrected chi connectivity index (χ1v) is 10.2. The average Bonchev–Trinajstić information content (AvgIpc) is 2.75. The monoisotopic (exact) mass is 408 g/mol. The highest BCUT2D eigenvalue weighted by Gasteiger charge is 2.21. The highest BCUT2D eigenvalue weighted by Crippen LogP contribution is 2.21. The van der Waals surface area contributed by atoms with Crippen molar-refractivity contribution in [3.8, 4) is 0 Å². The Bertz CT molecular complexity index is 962. The number of ketones is 1. The third-order valence-corrected chi connectivity index (χ3v) is 5.54. The molecule has 2 amide bonds. The molecule has 6 heteroatoms. The third-order valence-electron chi connectivity index (χ3n) is 5.54. The van der Waals surface area contributed by atoms with Crippen LogP contribution in [-0.4, -0.2) is 48.8 Å². The van der Waals surface area contributed by atoms with Gasteiger partial charge in [0.25, 0.3) is 5.91 Å². The van der Waals surface area contributed by atoms with Crippen molar-refractivity contribution < 1.29 is 19.1 Å².